The van der Waals surface area contributed by atoms with Crippen molar-refractivity contribution in [3.05, 3.63) is 30.3 Å². The summed E-state index contributed by atoms with van der Waals surface area (Å²) in [6.07, 6.45) is 1.56. The Morgan fingerprint density at radius 3 is 2.53 bits per heavy atom. The van der Waals surface area contributed by atoms with E-state index in [1.807, 2.05) is 11.8 Å². The van der Waals surface area contributed by atoms with E-state index in [1.165, 1.54) is 5.69 Å². The van der Waals surface area contributed by atoms with Crippen LogP contribution in [0, 0.1) is 0 Å². The lowest BCUT2D eigenvalue weighted by atomic mass is 10.2. The zero-order chi connectivity index (χ0) is 21.3. The molecule has 0 aromatic heterocycles. The summed E-state index contributed by atoms with van der Waals surface area (Å²) in [5, 5.41) is 6.89. The van der Waals surface area contributed by atoms with E-state index >= 15 is 0 Å². The second kappa shape index (κ2) is 11.2. The van der Waals surface area contributed by atoms with Crippen molar-refractivity contribution >= 4 is 17.6 Å². The Morgan fingerprint density at radius 1 is 1.13 bits per heavy atom. The van der Waals surface area contributed by atoms with Gasteiger partial charge in [0.2, 0.25) is 5.91 Å². The van der Waals surface area contributed by atoms with E-state index in [9.17, 15) is 4.79 Å². The largest absolute Gasteiger partial charge is 0.369 e. The van der Waals surface area contributed by atoms with E-state index in [4.69, 9.17) is 4.99 Å². The van der Waals surface area contributed by atoms with Crippen LogP contribution < -0.4 is 15.5 Å². The number of nitrogens with zero attached hydrogens (tertiary/aromatic N) is 4. The number of carbonyl (C=O) groups is 1. The highest BCUT2D eigenvalue weighted by molar-refractivity contribution is 5.80. The SMILES string of the molecule is CCNC(=NCC(C)N1CCN(c2ccccc2)CC1)NC1CCN(C(=O)CC)C1. The predicted octanol–water partition coefficient (Wildman–Crippen LogP) is 1.76. The summed E-state index contributed by atoms with van der Waals surface area (Å²) in [6, 6.07) is 11.3. The van der Waals surface area contributed by atoms with Crippen LogP contribution in [0.4, 0.5) is 5.69 Å². The van der Waals surface area contributed by atoms with Gasteiger partial charge in [-0.15, -0.1) is 0 Å². The van der Waals surface area contributed by atoms with Crippen molar-refractivity contribution in [3.8, 4) is 0 Å². The van der Waals surface area contributed by atoms with Crippen LogP contribution in [0.25, 0.3) is 0 Å². The number of amides is 1. The number of aliphatic imine (C=N–C) groups is 1. The standard InChI is InChI=1S/C23H38N6O/c1-4-22(30)29-12-11-20(18-29)26-23(24-5-2)25-17-19(3)27-13-15-28(16-14-27)21-9-7-6-8-10-21/h6-10,19-20H,4-5,11-18H2,1-3H3,(H2,24,25,26). The first-order valence-electron chi connectivity index (χ1n) is 11.5. The minimum atomic E-state index is 0.240. The molecule has 2 saturated heterocycles. The maximum Gasteiger partial charge on any atom is 0.222 e. The summed E-state index contributed by atoms with van der Waals surface area (Å²) in [7, 11) is 0. The first-order valence-corrected chi connectivity index (χ1v) is 11.5. The summed E-state index contributed by atoms with van der Waals surface area (Å²) in [5.41, 5.74) is 1.31. The highest BCUT2D eigenvalue weighted by Crippen LogP contribution is 2.16. The predicted molar refractivity (Wildman–Crippen MR) is 124 cm³/mol. The maximum absolute atomic E-state index is 11.9. The monoisotopic (exact) mass is 414 g/mol. The molecule has 0 aliphatic carbocycles. The molecule has 166 valence electrons. The average molecular weight is 415 g/mol. The molecular weight excluding hydrogens is 376 g/mol. The number of rotatable bonds is 7. The summed E-state index contributed by atoms with van der Waals surface area (Å²) >= 11 is 0. The first-order chi connectivity index (χ1) is 14.6. The highest BCUT2D eigenvalue weighted by Gasteiger charge is 2.26. The van der Waals surface area contributed by atoms with Gasteiger partial charge in [-0.1, -0.05) is 25.1 Å². The molecule has 2 aliphatic rings. The van der Waals surface area contributed by atoms with E-state index in [-0.39, 0.29) is 11.9 Å². The molecule has 3 rings (SSSR count). The number of piperazine rings is 1. The minimum Gasteiger partial charge on any atom is -0.369 e. The van der Waals surface area contributed by atoms with Crippen molar-refractivity contribution in [2.45, 2.75) is 45.7 Å². The molecular formula is C23H38N6O. The summed E-state index contributed by atoms with van der Waals surface area (Å²) in [4.78, 5) is 23.7. The fourth-order valence-corrected chi connectivity index (χ4v) is 4.24. The highest BCUT2D eigenvalue weighted by atomic mass is 16.2. The van der Waals surface area contributed by atoms with E-state index in [1.54, 1.807) is 0 Å². The van der Waals surface area contributed by atoms with Crippen LogP contribution in [0.1, 0.15) is 33.6 Å². The van der Waals surface area contributed by atoms with Gasteiger partial charge in [0.15, 0.2) is 5.96 Å². The lowest BCUT2D eigenvalue weighted by Crippen LogP contribution is -2.51. The fourth-order valence-electron chi connectivity index (χ4n) is 4.24. The maximum atomic E-state index is 11.9. The van der Waals surface area contributed by atoms with Gasteiger partial charge in [0.25, 0.3) is 0 Å². The number of benzene rings is 1. The van der Waals surface area contributed by atoms with Crippen LogP contribution in [-0.4, -0.2) is 86.1 Å². The lowest BCUT2D eigenvalue weighted by Gasteiger charge is -2.38. The molecule has 0 saturated carbocycles. The molecule has 7 nitrogen and oxygen atoms in total. The Kier molecular flexibility index (Phi) is 8.37. The smallest absolute Gasteiger partial charge is 0.222 e. The second-order valence-electron chi connectivity index (χ2n) is 8.25. The number of carbonyl (C=O) groups excluding carboxylic acids is 1. The fraction of sp³-hybridized carbons (Fsp3) is 0.652. The Morgan fingerprint density at radius 2 is 1.87 bits per heavy atom. The molecule has 7 heteroatoms. The van der Waals surface area contributed by atoms with Crippen molar-refractivity contribution in [3.63, 3.8) is 0 Å². The van der Waals surface area contributed by atoms with Crippen molar-refractivity contribution in [1.29, 1.82) is 0 Å². The molecule has 1 aromatic carbocycles. The first kappa shape index (κ1) is 22.4. The zero-order valence-electron chi connectivity index (χ0n) is 18.8. The molecule has 2 fully saturated rings. The Balaban J connectivity index is 1.47. The van der Waals surface area contributed by atoms with Crippen LogP contribution in [0.2, 0.25) is 0 Å². The van der Waals surface area contributed by atoms with Crippen LogP contribution in [0.5, 0.6) is 0 Å². The van der Waals surface area contributed by atoms with Gasteiger partial charge in [0, 0.05) is 70.0 Å². The van der Waals surface area contributed by atoms with Crippen LogP contribution in [0.3, 0.4) is 0 Å². The minimum absolute atomic E-state index is 0.240. The molecule has 30 heavy (non-hydrogen) atoms. The van der Waals surface area contributed by atoms with Crippen LogP contribution in [0.15, 0.2) is 35.3 Å². The zero-order valence-corrected chi connectivity index (χ0v) is 18.8. The molecule has 0 bridgehead atoms. The number of nitrogens with one attached hydrogen (secondary N) is 2. The number of anilines is 1. The normalized spacial score (nSPS) is 21.6. The van der Waals surface area contributed by atoms with Gasteiger partial charge in [-0.05, 0) is 32.4 Å². The molecule has 2 unspecified atom stereocenters. The number of hydrogen-bond acceptors (Lipinski definition) is 4. The molecule has 2 aliphatic heterocycles. The molecule has 2 atom stereocenters. The third kappa shape index (κ3) is 6.11. The van der Waals surface area contributed by atoms with E-state index in [0.29, 0.717) is 12.5 Å². The lowest BCUT2D eigenvalue weighted by molar-refractivity contribution is -0.129. The number of guanidine groups is 1. The van der Waals surface area contributed by atoms with E-state index in [0.717, 1.165) is 64.7 Å². The molecule has 0 radical (unpaired) electrons. The molecule has 1 amide bonds. The van der Waals surface area contributed by atoms with Crippen molar-refractivity contribution in [2.24, 2.45) is 4.99 Å². The number of hydrogen-bond donors (Lipinski definition) is 2. The van der Waals surface area contributed by atoms with Crippen molar-refractivity contribution < 1.29 is 4.79 Å². The van der Waals surface area contributed by atoms with E-state index < -0.39 is 0 Å². The summed E-state index contributed by atoms with van der Waals surface area (Å²) < 4.78 is 0. The number of para-hydroxylation sites is 1. The second-order valence-corrected chi connectivity index (χ2v) is 8.25. The van der Waals surface area contributed by atoms with Gasteiger partial charge in [-0.2, -0.15) is 0 Å². The Hall–Kier alpha value is -2.28. The molecule has 2 N–H and O–H groups in total. The Bertz CT molecular complexity index is 686. The van der Waals surface area contributed by atoms with Crippen molar-refractivity contribution in [2.75, 3.05) is 57.3 Å². The van der Waals surface area contributed by atoms with Gasteiger partial charge >= 0.3 is 0 Å². The average Bonchev–Trinajstić information content (AvgIpc) is 3.26. The van der Waals surface area contributed by atoms with Gasteiger partial charge in [0.05, 0.1) is 6.54 Å². The van der Waals surface area contributed by atoms with Crippen LogP contribution >= 0.6 is 0 Å². The third-order valence-electron chi connectivity index (χ3n) is 6.10. The molecule has 2 heterocycles. The number of likely N-dealkylation sites (tertiary alicyclic amines) is 1. The van der Waals surface area contributed by atoms with Gasteiger partial charge in [0.1, 0.15) is 0 Å². The van der Waals surface area contributed by atoms with Gasteiger partial charge in [-0.3, -0.25) is 14.7 Å². The molecule has 1 aromatic rings. The van der Waals surface area contributed by atoms with Gasteiger partial charge in [-0.25, -0.2) is 0 Å². The summed E-state index contributed by atoms with van der Waals surface area (Å²) in [6.45, 7) is 13.7. The van der Waals surface area contributed by atoms with E-state index in [2.05, 4.69) is 64.6 Å². The molecule has 0 spiro atoms. The third-order valence-corrected chi connectivity index (χ3v) is 6.10. The summed E-state index contributed by atoms with van der Waals surface area (Å²) in [5.74, 6) is 1.10. The topological polar surface area (TPSA) is 63.2 Å². The van der Waals surface area contributed by atoms with Gasteiger partial charge < -0.3 is 20.4 Å². The quantitative estimate of drug-likeness (QED) is 0.526. The van der Waals surface area contributed by atoms with Crippen molar-refractivity contribution in [1.82, 2.24) is 20.4 Å². The Labute approximate surface area is 181 Å². The van der Waals surface area contributed by atoms with Crippen LogP contribution in [-0.2, 0) is 4.79 Å².